The first-order valence-electron chi connectivity index (χ1n) is 8.03. The minimum absolute atomic E-state index is 0.429. The van der Waals surface area contributed by atoms with E-state index in [0.717, 1.165) is 18.8 Å². The molecule has 1 aromatic heterocycles. The smallest absolute Gasteiger partial charge is 0.0320 e. The van der Waals surface area contributed by atoms with Crippen molar-refractivity contribution < 1.29 is 0 Å². The zero-order valence-corrected chi connectivity index (χ0v) is 12.8. The molecule has 0 aliphatic heterocycles. The number of rotatable bonds is 6. The second-order valence-electron chi connectivity index (χ2n) is 6.03. The summed E-state index contributed by atoms with van der Waals surface area (Å²) in [5.74, 6) is 0.808. The summed E-state index contributed by atoms with van der Waals surface area (Å²) in [4.78, 5) is 4.08. The normalized spacial score (nSPS) is 16.4. The Kier molecular flexibility index (Phi) is 4.66. The van der Waals surface area contributed by atoms with Crippen molar-refractivity contribution in [1.29, 1.82) is 0 Å². The number of nitrogens with zero attached hydrogens (tertiary/aromatic N) is 1. The molecule has 3 rings (SSSR count). The summed E-state index contributed by atoms with van der Waals surface area (Å²) < 4.78 is 0. The summed E-state index contributed by atoms with van der Waals surface area (Å²) >= 11 is 0. The van der Waals surface area contributed by atoms with E-state index in [1.54, 1.807) is 0 Å². The standard InChI is InChI=1S/C19H24N2/c1-20-19(9-8-15-10-12-21-13-11-15)18-7-3-6-17(14-18)16-4-2-5-16/h3,6-7,10-14,16,19-20H,2,4-5,8-9H2,1H3. The monoisotopic (exact) mass is 280 g/mol. The Bertz CT molecular complexity index is 561. The first kappa shape index (κ1) is 14.3. The number of aromatic nitrogens is 1. The van der Waals surface area contributed by atoms with Crippen LogP contribution in [0.25, 0.3) is 0 Å². The van der Waals surface area contributed by atoms with Crippen LogP contribution >= 0.6 is 0 Å². The fourth-order valence-electron chi connectivity index (χ4n) is 3.11. The molecule has 0 radical (unpaired) electrons. The van der Waals surface area contributed by atoms with Crippen LogP contribution in [0.2, 0.25) is 0 Å². The maximum atomic E-state index is 4.08. The van der Waals surface area contributed by atoms with Crippen LogP contribution in [0.5, 0.6) is 0 Å². The minimum atomic E-state index is 0.429. The average molecular weight is 280 g/mol. The molecule has 21 heavy (non-hydrogen) atoms. The van der Waals surface area contributed by atoms with Crippen molar-refractivity contribution in [3.63, 3.8) is 0 Å². The predicted octanol–water partition coefficient (Wildman–Crippen LogP) is 4.24. The van der Waals surface area contributed by atoms with E-state index < -0.39 is 0 Å². The molecule has 2 heteroatoms. The summed E-state index contributed by atoms with van der Waals surface area (Å²) in [7, 11) is 2.06. The maximum Gasteiger partial charge on any atom is 0.0320 e. The molecular weight excluding hydrogens is 256 g/mol. The minimum Gasteiger partial charge on any atom is -0.313 e. The van der Waals surface area contributed by atoms with Crippen LogP contribution in [0, 0.1) is 0 Å². The maximum absolute atomic E-state index is 4.08. The van der Waals surface area contributed by atoms with E-state index in [4.69, 9.17) is 0 Å². The summed E-state index contributed by atoms with van der Waals surface area (Å²) in [6.45, 7) is 0. The van der Waals surface area contributed by atoms with Crippen LogP contribution in [0.3, 0.4) is 0 Å². The molecule has 1 saturated carbocycles. The third-order valence-corrected chi connectivity index (χ3v) is 4.71. The van der Waals surface area contributed by atoms with E-state index in [2.05, 4.69) is 53.7 Å². The van der Waals surface area contributed by atoms with Gasteiger partial charge in [0.2, 0.25) is 0 Å². The van der Waals surface area contributed by atoms with Gasteiger partial charge in [-0.15, -0.1) is 0 Å². The van der Waals surface area contributed by atoms with Gasteiger partial charge in [0.15, 0.2) is 0 Å². The second kappa shape index (κ2) is 6.86. The topological polar surface area (TPSA) is 24.9 Å². The molecule has 1 aromatic carbocycles. The molecule has 0 saturated heterocycles. The van der Waals surface area contributed by atoms with E-state index in [1.165, 1.54) is 36.0 Å². The lowest BCUT2D eigenvalue weighted by Gasteiger charge is -2.27. The van der Waals surface area contributed by atoms with Crippen molar-refractivity contribution in [3.8, 4) is 0 Å². The molecule has 2 aromatic rings. The lowest BCUT2D eigenvalue weighted by atomic mass is 9.79. The molecular formula is C19H24N2. The molecule has 1 N–H and O–H groups in total. The Balaban J connectivity index is 1.67. The highest BCUT2D eigenvalue weighted by Gasteiger charge is 2.20. The number of pyridine rings is 1. The van der Waals surface area contributed by atoms with Gasteiger partial charge in [-0.25, -0.2) is 0 Å². The molecule has 1 aliphatic rings. The van der Waals surface area contributed by atoms with Crippen LogP contribution in [0.1, 0.15) is 54.3 Å². The van der Waals surface area contributed by atoms with Crippen molar-refractivity contribution in [1.82, 2.24) is 10.3 Å². The van der Waals surface area contributed by atoms with Gasteiger partial charge in [-0.3, -0.25) is 4.98 Å². The van der Waals surface area contributed by atoms with Gasteiger partial charge < -0.3 is 5.32 Å². The lowest BCUT2D eigenvalue weighted by Crippen LogP contribution is -2.18. The first-order valence-corrected chi connectivity index (χ1v) is 8.03. The predicted molar refractivity (Wildman–Crippen MR) is 87.4 cm³/mol. The average Bonchev–Trinajstić information content (AvgIpc) is 2.48. The van der Waals surface area contributed by atoms with Crippen molar-refractivity contribution in [3.05, 3.63) is 65.5 Å². The number of aryl methyl sites for hydroxylation is 1. The van der Waals surface area contributed by atoms with Gasteiger partial charge in [-0.05, 0) is 67.5 Å². The van der Waals surface area contributed by atoms with E-state index in [-0.39, 0.29) is 0 Å². The van der Waals surface area contributed by atoms with Gasteiger partial charge in [0.1, 0.15) is 0 Å². The number of benzene rings is 1. The molecule has 1 aliphatic carbocycles. The Morgan fingerprint density at radius 1 is 1.19 bits per heavy atom. The largest absolute Gasteiger partial charge is 0.313 e. The molecule has 0 bridgehead atoms. The molecule has 1 unspecified atom stereocenters. The quantitative estimate of drug-likeness (QED) is 0.856. The van der Waals surface area contributed by atoms with Crippen LogP contribution in [0.4, 0.5) is 0 Å². The Labute approximate surface area is 127 Å². The number of nitrogens with one attached hydrogen (secondary N) is 1. The Morgan fingerprint density at radius 3 is 2.67 bits per heavy atom. The fraction of sp³-hybridized carbons (Fsp3) is 0.421. The fourth-order valence-corrected chi connectivity index (χ4v) is 3.11. The van der Waals surface area contributed by atoms with Gasteiger partial charge in [0.25, 0.3) is 0 Å². The summed E-state index contributed by atoms with van der Waals surface area (Å²) in [5, 5.41) is 3.48. The Hall–Kier alpha value is -1.67. The van der Waals surface area contributed by atoms with Crippen molar-refractivity contribution in [2.24, 2.45) is 0 Å². The van der Waals surface area contributed by atoms with E-state index in [9.17, 15) is 0 Å². The van der Waals surface area contributed by atoms with Crippen LogP contribution in [0.15, 0.2) is 48.8 Å². The molecule has 1 fully saturated rings. The summed E-state index contributed by atoms with van der Waals surface area (Å²) in [6.07, 6.45) is 10.1. The number of hydrogen-bond acceptors (Lipinski definition) is 2. The second-order valence-corrected chi connectivity index (χ2v) is 6.03. The molecule has 1 heterocycles. The van der Waals surface area contributed by atoms with Gasteiger partial charge in [0, 0.05) is 18.4 Å². The highest BCUT2D eigenvalue weighted by atomic mass is 14.9. The molecule has 1 atom stereocenters. The van der Waals surface area contributed by atoms with Crippen LogP contribution in [-0.4, -0.2) is 12.0 Å². The van der Waals surface area contributed by atoms with Crippen molar-refractivity contribution in [2.75, 3.05) is 7.05 Å². The first-order chi connectivity index (χ1) is 10.4. The van der Waals surface area contributed by atoms with Gasteiger partial charge in [-0.2, -0.15) is 0 Å². The third kappa shape index (κ3) is 3.51. The van der Waals surface area contributed by atoms with Crippen molar-refractivity contribution in [2.45, 2.75) is 44.1 Å². The highest BCUT2D eigenvalue weighted by molar-refractivity contribution is 5.30. The van der Waals surface area contributed by atoms with Crippen LogP contribution < -0.4 is 5.32 Å². The Morgan fingerprint density at radius 2 is 2.00 bits per heavy atom. The SMILES string of the molecule is CNC(CCc1ccncc1)c1cccc(C2CCC2)c1. The molecule has 0 amide bonds. The van der Waals surface area contributed by atoms with Gasteiger partial charge in [0.05, 0.1) is 0 Å². The van der Waals surface area contributed by atoms with Crippen molar-refractivity contribution >= 4 is 0 Å². The zero-order chi connectivity index (χ0) is 14.5. The van der Waals surface area contributed by atoms with E-state index in [1.807, 2.05) is 12.4 Å². The van der Waals surface area contributed by atoms with Gasteiger partial charge >= 0.3 is 0 Å². The van der Waals surface area contributed by atoms with Crippen LogP contribution in [-0.2, 0) is 6.42 Å². The summed E-state index contributed by atoms with van der Waals surface area (Å²) in [5.41, 5.74) is 4.32. The number of hydrogen-bond donors (Lipinski definition) is 1. The third-order valence-electron chi connectivity index (χ3n) is 4.71. The van der Waals surface area contributed by atoms with Gasteiger partial charge in [-0.1, -0.05) is 30.7 Å². The van der Waals surface area contributed by atoms with E-state index in [0.29, 0.717) is 6.04 Å². The molecule has 0 spiro atoms. The van der Waals surface area contributed by atoms with E-state index >= 15 is 0 Å². The molecule has 110 valence electrons. The highest BCUT2D eigenvalue weighted by Crippen LogP contribution is 2.37. The lowest BCUT2D eigenvalue weighted by molar-refractivity contribution is 0.419. The molecule has 2 nitrogen and oxygen atoms in total. The summed E-state index contributed by atoms with van der Waals surface area (Å²) in [6, 6.07) is 13.8. The zero-order valence-electron chi connectivity index (χ0n) is 12.8.